The number of nitrogens with zero attached hydrogens (tertiary/aromatic N) is 4. The molecule has 4 aromatic rings. The van der Waals surface area contributed by atoms with Gasteiger partial charge in [0.15, 0.2) is 11.6 Å². The molecule has 3 heterocycles. The molecule has 1 N–H and O–H groups in total. The number of hydrogen-bond acceptors (Lipinski definition) is 4. The van der Waals surface area contributed by atoms with Crippen LogP contribution < -0.4 is 5.56 Å². The lowest BCUT2D eigenvalue weighted by atomic mass is 10.1. The van der Waals surface area contributed by atoms with E-state index in [9.17, 15) is 18.4 Å². The lowest BCUT2D eigenvalue weighted by molar-refractivity contribution is -0.131. The third-order valence-corrected chi connectivity index (χ3v) is 6.21. The fourth-order valence-corrected chi connectivity index (χ4v) is 4.27. The van der Waals surface area contributed by atoms with Gasteiger partial charge in [0.25, 0.3) is 0 Å². The number of pyridine rings is 1. The second-order valence-electron chi connectivity index (χ2n) is 8.59. The minimum atomic E-state index is -0.382. The number of hydrogen-bond donors (Lipinski definition) is 1. The molecular weight excluding hydrogens is 452 g/mol. The van der Waals surface area contributed by atoms with Gasteiger partial charge in [-0.3, -0.25) is 9.59 Å². The molecule has 2 aromatic heterocycles. The topological polar surface area (TPSA) is 83.9 Å². The maximum Gasteiger partial charge on any atom is 0.248 e. The van der Waals surface area contributed by atoms with E-state index in [0.29, 0.717) is 54.3 Å². The van der Waals surface area contributed by atoms with Crippen LogP contribution in [0.15, 0.2) is 59.4 Å². The number of amides is 1. The average molecular weight is 475 g/mol. The minimum absolute atomic E-state index is 0.0627. The van der Waals surface area contributed by atoms with Gasteiger partial charge in [-0.05, 0) is 66.9 Å². The Hall–Kier alpha value is -4.14. The van der Waals surface area contributed by atoms with Crippen LogP contribution in [0.4, 0.5) is 8.78 Å². The normalized spacial score (nSPS) is 13.4. The SMILES string of the molecule is Cc1cc(-c2nc(-c3ccc(F)cc3)n(CC(=O)N3CCc4ccc(=O)[nH]c4CC3)n2)ccc1F. The van der Waals surface area contributed by atoms with Crippen LogP contribution in [0.3, 0.4) is 0 Å². The highest BCUT2D eigenvalue weighted by Crippen LogP contribution is 2.25. The Morgan fingerprint density at radius 2 is 1.74 bits per heavy atom. The van der Waals surface area contributed by atoms with E-state index in [2.05, 4.69) is 15.1 Å². The van der Waals surface area contributed by atoms with Crippen LogP contribution in [0.2, 0.25) is 0 Å². The van der Waals surface area contributed by atoms with Gasteiger partial charge in [0.2, 0.25) is 11.5 Å². The van der Waals surface area contributed by atoms with Gasteiger partial charge in [0.05, 0.1) is 0 Å². The molecule has 7 nitrogen and oxygen atoms in total. The second-order valence-corrected chi connectivity index (χ2v) is 8.59. The van der Waals surface area contributed by atoms with Crippen molar-refractivity contribution < 1.29 is 13.6 Å². The molecule has 0 saturated carbocycles. The van der Waals surface area contributed by atoms with Gasteiger partial charge < -0.3 is 9.88 Å². The summed E-state index contributed by atoms with van der Waals surface area (Å²) in [5.41, 5.74) is 3.42. The number of aromatic amines is 1. The molecule has 0 fully saturated rings. The number of carbonyl (C=O) groups is 1. The summed E-state index contributed by atoms with van der Waals surface area (Å²) in [7, 11) is 0. The van der Waals surface area contributed by atoms with E-state index in [1.807, 2.05) is 6.07 Å². The molecule has 178 valence electrons. The summed E-state index contributed by atoms with van der Waals surface area (Å²) in [6, 6.07) is 13.7. The van der Waals surface area contributed by atoms with Crippen molar-refractivity contribution in [2.45, 2.75) is 26.3 Å². The van der Waals surface area contributed by atoms with Crippen LogP contribution in [0.25, 0.3) is 22.8 Å². The molecule has 0 unspecified atom stereocenters. The molecule has 0 saturated heterocycles. The molecule has 0 atom stereocenters. The molecular formula is C26H23F2N5O2. The van der Waals surface area contributed by atoms with Crippen LogP contribution >= 0.6 is 0 Å². The predicted molar refractivity (Wildman–Crippen MR) is 127 cm³/mol. The van der Waals surface area contributed by atoms with Crippen molar-refractivity contribution in [1.29, 1.82) is 0 Å². The van der Waals surface area contributed by atoms with Crippen molar-refractivity contribution in [2.75, 3.05) is 13.1 Å². The summed E-state index contributed by atoms with van der Waals surface area (Å²) in [4.78, 5) is 34.2. The van der Waals surface area contributed by atoms with E-state index in [4.69, 9.17) is 0 Å². The van der Waals surface area contributed by atoms with Crippen LogP contribution in [0, 0.1) is 18.6 Å². The highest BCUT2D eigenvalue weighted by molar-refractivity contribution is 5.77. The van der Waals surface area contributed by atoms with Gasteiger partial charge in [0.1, 0.15) is 18.2 Å². The average Bonchev–Trinajstić information content (AvgIpc) is 3.13. The van der Waals surface area contributed by atoms with Crippen LogP contribution in [0.1, 0.15) is 16.8 Å². The Bertz CT molecular complexity index is 1460. The number of benzene rings is 2. The zero-order valence-corrected chi connectivity index (χ0v) is 19.1. The fraction of sp³-hybridized carbons (Fsp3) is 0.231. The summed E-state index contributed by atoms with van der Waals surface area (Å²) in [6.07, 6.45) is 1.19. The van der Waals surface area contributed by atoms with Crippen molar-refractivity contribution in [3.8, 4) is 22.8 Å². The fourth-order valence-electron chi connectivity index (χ4n) is 4.27. The highest BCUT2D eigenvalue weighted by Gasteiger charge is 2.22. The van der Waals surface area contributed by atoms with Crippen molar-refractivity contribution >= 4 is 5.91 Å². The van der Waals surface area contributed by atoms with Crippen LogP contribution in [-0.2, 0) is 24.2 Å². The molecule has 0 radical (unpaired) electrons. The predicted octanol–water partition coefficient (Wildman–Crippen LogP) is 3.51. The van der Waals surface area contributed by atoms with Crippen molar-refractivity contribution in [3.63, 3.8) is 0 Å². The van der Waals surface area contributed by atoms with Gasteiger partial charge in [-0.2, -0.15) is 0 Å². The molecule has 35 heavy (non-hydrogen) atoms. The first-order valence-electron chi connectivity index (χ1n) is 11.3. The molecule has 2 aromatic carbocycles. The van der Waals surface area contributed by atoms with E-state index < -0.39 is 0 Å². The van der Waals surface area contributed by atoms with E-state index in [1.54, 1.807) is 36.1 Å². The number of H-pyrrole nitrogens is 1. The standard InChI is InChI=1S/C26H23F2N5O2/c1-16-14-19(4-8-21(16)28)25-30-26(18-2-6-20(27)7-3-18)33(31-25)15-24(35)32-12-10-17-5-9-23(34)29-22(17)11-13-32/h2-9,14H,10-13,15H2,1H3,(H,29,34). The number of nitrogens with one attached hydrogen (secondary N) is 1. The molecule has 1 amide bonds. The van der Waals surface area contributed by atoms with Gasteiger partial charge >= 0.3 is 0 Å². The van der Waals surface area contributed by atoms with Crippen molar-refractivity contribution in [2.24, 2.45) is 0 Å². The van der Waals surface area contributed by atoms with E-state index in [1.165, 1.54) is 28.9 Å². The summed E-state index contributed by atoms with van der Waals surface area (Å²) in [5, 5.41) is 4.55. The Morgan fingerprint density at radius 3 is 2.51 bits per heavy atom. The number of carbonyl (C=O) groups excluding carboxylic acids is 1. The van der Waals surface area contributed by atoms with Crippen molar-refractivity contribution in [3.05, 3.63) is 93.4 Å². The van der Waals surface area contributed by atoms with Crippen LogP contribution in [-0.4, -0.2) is 43.6 Å². The lowest BCUT2D eigenvalue weighted by Crippen LogP contribution is -2.36. The zero-order chi connectivity index (χ0) is 24.5. The zero-order valence-electron chi connectivity index (χ0n) is 19.1. The maximum atomic E-state index is 13.8. The largest absolute Gasteiger partial charge is 0.340 e. The smallest absolute Gasteiger partial charge is 0.248 e. The molecule has 0 spiro atoms. The quantitative estimate of drug-likeness (QED) is 0.490. The Morgan fingerprint density at radius 1 is 1.00 bits per heavy atom. The summed E-state index contributed by atoms with van der Waals surface area (Å²) >= 11 is 0. The Balaban J connectivity index is 1.44. The Kier molecular flexibility index (Phi) is 5.98. The molecule has 5 rings (SSSR count). The molecule has 0 aliphatic carbocycles. The molecule has 1 aliphatic heterocycles. The third-order valence-electron chi connectivity index (χ3n) is 6.21. The minimum Gasteiger partial charge on any atom is -0.340 e. The van der Waals surface area contributed by atoms with Crippen molar-refractivity contribution in [1.82, 2.24) is 24.6 Å². The van der Waals surface area contributed by atoms with E-state index in [0.717, 1.165) is 11.3 Å². The first-order valence-corrected chi connectivity index (χ1v) is 11.3. The van der Waals surface area contributed by atoms with E-state index >= 15 is 0 Å². The molecule has 1 aliphatic rings. The molecule has 0 bridgehead atoms. The highest BCUT2D eigenvalue weighted by atomic mass is 19.1. The number of aromatic nitrogens is 4. The maximum absolute atomic E-state index is 13.8. The number of rotatable bonds is 4. The number of halogens is 2. The first kappa shape index (κ1) is 22.6. The van der Waals surface area contributed by atoms with Crippen LogP contribution in [0.5, 0.6) is 0 Å². The van der Waals surface area contributed by atoms with Gasteiger partial charge in [-0.25, -0.2) is 18.4 Å². The van der Waals surface area contributed by atoms with Gasteiger partial charge in [-0.1, -0.05) is 6.07 Å². The first-order chi connectivity index (χ1) is 16.9. The summed E-state index contributed by atoms with van der Waals surface area (Å²) in [6.45, 7) is 2.58. The monoisotopic (exact) mass is 475 g/mol. The second kappa shape index (κ2) is 9.25. The van der Waals surface area contributed by atoms with Gasteiger partial charge in [-0.15, -0.1) is 5.10 Å². The number of aryl methyl sites for hydroxylation is 1. The lowest BCUT2D eigenvalue weighted by Gasteiger charge is -2.20. The third kappa shape index (κ3) is 4.75. The Labute approximate surface area is 200 Å². The number of fused-ring (bicyclic) bond motifs is 1. The molecule has 9 heteroatoms. The van der Waals surface area contributed by atoms with E-state index in [-0.39, 0.29) is 29.6 Å². The summed E-state index contributed by atoms with van der Waals surface area (Å²) in [5.74, 6) is -0.0906. The van der Waals surface area contributed by atoms with Gasteiger partial charge in [0, 0.05) is 42.4 Å². The summed E-state index contributed by atoms with van der Waals surface area (Å²) < 4.78 is 28.8.